The van der Waals surface area contributed by atoms with Gasteiger partial charge < -0.3 is 10.6 Å². The number of hydrogen-bond acceptors (Lipinski definition) is 5. The number of rotatable bonds is 4. The molecule has 1 aliphatic carbocycles. The first-order chi connectivity index (χ1) is 16.4. The van der Waals surface area contributed by atoms with Crippen molar-refractivity contribution in [3.63, 3.8) is 0 Å². The fraction of sp³-hybridized carbons (Fsp3) is 0.154. The lowest BCUT2D eigenvalue weighted by Crippen LogP contribution is -2.36. The van der Waals surface area contributed by atoms with Crippen LogP contribution in [0.2, 0.25) is 0 Å². The van der Waals surface area contributed by atoms with E-state index in [-0.39, 0.29) is 11.7 Å². The smallest absolute Gasteiger partial charge is 0.231 e. The molecule has 0 spiro atoms. The molecule has 0 saturated carbocycles. The van der Waals surface area contributed by atoms with Gasteiger partial charge in [-0.25, -0.2) is 18.7 Å². The van der Waals surface area contributed by atoms with Crippen LogP contribution in [0.5, 0.6) is 0 Å². The van der Waals surface area contributed by atoms with E-state index in [9.17, 15) is 13.6 Å². The van der Waals surface area contributed by atoms with Crippen LogP contribution in [0.15, 0.2) is 78.7 Å². The van der Waals surface area contributed by atoms with Crippen molar-refractivity contribution in [1.29, 1.82) is 0 Å². The summed E-state index contributed by atoms with van der Waals surface area (Å²) in [6, 6.07) is 9.76. The van der Waals surface area contributed by atoms with Crippen molar-refractivity contribution in [3.8, 4) is 22.5 Å². The molecular formula is C26H21F2N5O. The summed E-state index contributed by atoms with van der Waals surface area (Å²) in [6.45, 7) is 3.92. The first-order valence-corrected chi connectivity index (χ1v) is 10.8. The molecule has 34 heavy (non-hydrogen) atoms. The lowest BCUT2D eigenvalue weighted by atomic mass is 9.84. The van der Waals surface area contributed by atoms with Crippen molar-refractivity contribution in [2.75, 3.05) is 5.32 Å². The molecule has 0 bridgehead atoms. The minimum Gasteiger partial charge on any atom is -0.338 e. The third-order valence-corrected chi connectivity index (χ3v) is 5.92. The number of fused-ring (bicyclic) bond motifs is 1. The van der Waals surface area contributed by atoms with Gasteiger partial charge in [0.05, 0.1) is 12.1 Å². The number of aryl methyl sites for hydroxylation is 2. The van der Waals surface area contributed by atoms with Crippen molar-refractivity contribution in [2.24, 2.45) is 11.8 Å². The van der Waals surface area contributed by atoms with Crippen LogP contribution in [-0.4, -0.2) is 20.9 Å². The number of anilines is 1. The quantitative estimate of drug-likeness (QED) is 0.576. The summed E-state index contributed by atoms with van der Waals surface area (Å²) in [4.78, 5) is 24.8. The molecule has 2 atom stereocenters. The molecule has 1 aliphatic heterocycles. The highest BCUT2D eigenvalue weighted by atomic mass is 19.1. The van der Waals surface area contributed by atoms with Gasteiger partial charge in [0.1, 0.15) is 5.83 Å². The van der Waals surface area contributed by atoms with Crippen LogP contribution < -0.4 is 10.6 Å². The van der Waals surface area contributed by atoms with E-state index in [4.69, 9.17) is 0 Å². The number of nitrogens with zero attached hydrogens (tertiary/aromatic N) is 3. The molecule has 0 radical (unpaired) electrons. The van der Waals surface area contributed by atoms with Crippen molar-refractivity contribution in [3.05, 3.63) is 95.8 Å². The topological polar surface area (TPSA) is 79.8 Å². The Morgan fingerprint density at radius 2 is 1.82 bits per heavy atom. The van der Waals surface area contributed by atoms with Crippen molar-refractivity contribution < 1.29 is 13.6 Å². The molecule has 3 heterocycles. The second kappa shape index (κ2) is 8.62. The van der Waals surface area contributed by atoms with Crippen LogP contribution in [0.25, 0.3) is 22.5 Å². The molecule has 2 aromatic heterocycles. The predicted molar refractivity (Wildman–Crippen MR) is 125 cm³/mol. The Kier molecular flexibility index (Phi) is 5.49. The minimum atomic E-state index is -0.739. The van der Waals surface area contributed by atoms with Crippen LogP contribution in [0.4, 0.5) is 14.6 Å². The van der Waals surface area contributed by atoms with Crippen LogP contribution in [-0.2, 0) is 4.79 Å². The van der Waals surface area contributed by atoms with Crippen LogP contribution >= 0.6 is 0 Å². The number of allylic oxidation sites excluding steroid dienone is 3. The summed E-state index contributed by atoms with van der Waals surface area (Å²) in [6.07, 6.45) is 8.76. The zero-order valence-corrected chi connectivity index (χ0v) is 18.5. The van der Waals surface area contributed by atoms with Gasteiger partial charge in [0.2, 0.25) is 5.91 Å². The van der Waals surface area contributed by atoms with Gasteiger partial charge in [-0.05, 0) is 49.3 Å². The van der Waals surface area contributed by atoms with Crippen LogP contribution in [0.3, 0.4) is 0 Å². The fourth-order valence-electron chi connectivity index (χ4n) is 4.08. The SMILES string of the molecule is Cc1ccc(-c2ccc(-c3ncc(F)c(NC4=CC5C(F)=CNC(=O)C5C=C4)n3)cc2C)cn1. The van der Waals surface area contributed by atoms with E-state index in [2.05, 4.69) is 25.6 Å². The van der Waals surface area contributed by atoms with Gasteiger partial charge in [-0.1, -0.05) is 24.3 Å². The van der Waals surface area contributed by atoms with Crippen molar-refractivity contribution >= 4 is 11.7 Å². The minimum absolute atomic E-state index is 0.0338. The van der Waals surface area contributed by atoms with Gasteiger partial charge >= 0.3 is 0 Å². The Balaban J connectivity index is 1.42. The van der Waals surface area contributed by atoms with Gasteiger partial charge in [-0.2, -0.15) is 0 Å². The van der Waals surface area contributed by atoms with Gasteiger partial charge in [0, 0.05) is 40.8 Å². The third kappa shape index (κ3) is 4.10. The van der Waals surface area contributed by atoms with E-state index in [0.717, 1.165) is 40.3 Å². The molecule has 5 rings (SSSR count). The number of carbonyl (C=O) groups is 1. The maximum Gasteiger partial charge on any atom is 0.231 e. The summed E-state index contributed by atoms with van der Waals surface area (Å²) in [5, 5.41) is 5.29. The molecule has 0 saturated heterocycles. The highest BCUT2D eigenvalue weighted by Crippen LogP contribution is 2.33. The highest BCUT2D eigenvalue weighted by molar-refractivity contribution is 5.84. The molecule has 3 aromatic rings. The summed E-state index contributed by atoms with van der Waals surface area (Å²) in [5.41, 5.74) is 5.17. The number of hydrogen-bond donors (Lipinski definition) is 2. The standard InChI is InChI=1S/C26H21F2N5O/c1-14-9-16(5-7-19(14)17-4-3-15(2)29-11-17)24-30-13-23(28)25(33-24)32-18-6-8-20-21(10-18)22(27)12-31-26(20)34/h3-13,20-21H,1-2H3,(H,31,34)(H,30,32,33). The number of nitrogens with one attached hydrogen (secondary N) is 2. The predicted octanol–water partition coefficient (Wildman–Crippen LogP) is 5.00. The number of amides is 1. The number of benzene rings is 1. The highest BCUT2D eigenvalue weighted by Gasteiger charge is 2.33. The van der Waals surface area contributed by atoms with Crippen molar-refractivity contribution in [1.82, 2.24) is 20.3 Å². The molecule has 1 amide bonds. The van der Waals surface area contributed by atoms with Crippen LogP contribution in [0, 0.1) is 31.5 Å². The Bertz CT molecular complexity index is 1380. The van der Waals surface area contributed by atoms with Gasteiger partial charge in [-0.3, -0.25) is 9.78 Å². The second-order valence-electron chi connectivity index (χ2n) is 8.30. The Labute approximate surface area is 195 Å². The van der Waals surface area contributed by atoms with Gasteiger partial charge in [0.25, 0.3) is 0 Å². The summed E-state index contributed by atoms with van der Waals surface area (Å²) in [7, 11) is 0. The lowest BCUT2D eigenvalue weighted by molar-refractivity contribution is -0.124. The van der Waals surface area contributed by atoms with E-state index >= 15 is 0 Å². The zero-order chi connectivity index (χ0) is 23.8. The lowest BCUT2D eigenvalue weighted by Gasteiger charge is -2.27. The van der Waals surface area contributed by atoms with Gasteiger partial charge in [-0.15, -0.1) is 0 Å². The third-order valence-electron chi connectivity index (χ3n) is 5.92. The number of halogens is 2. The van der Waals surface area contributed by atoms with E-state index in [1.54, 1.807) is 18.2 Å². The molecule has 6 nitrogen and oxygen atoms in total. The van der Waals surface area contributed by atoms with Gasteiger partial charge in [0.15, 0.2) is 17.5 Å². The van der Waals surface area contributed by atoms with Crippen LogP contribution in [0.1, 0.15) is 11.3 Å². The average molecular weight is 457 g/mol. The molecular weight excluding hydrogens is 436 g/mol. The summed E-state index contributed by atoms with van der Waals surface area (Å²) < 4.78 is 28.7. The van der Waals surface area contributed by atoms with E-state index in [1.807, 2.05) is 50.4 Å². The number of carbonyl (C=O) groups excluding carboxylic acids is 1. The first kappa shape index (κ1) is 21.6. The maximum atomic E-state index is 14.5. The summed E-state index contributed by atoms with van der Waals surface area (Å²) in [5.74, 6) is -2.44. The zero-order valence-electron chi connectivity index (χ0n) is 18.5. The number of pyridine rings is 1. The molecule has 2 aliphatic rings. The molecule has 170 valence electrons. The molecule has 2 N–H and O–H groups in total. The Hall–Kier alpha value is -4.20. The fourth-order valence-corrected chi connectivity index (χ4v) is 4.08. The normalized spacial score (nSPS) is 19.1. The molecule has 8 heteroatoms. The largest absolute Gasteiger partial charge is 0.338 e. The second-order valence-corrected chi connectivity index (χ2v) is 8.30. The van der Waals surface area contributed by atoms with E-state index in [1.165, 1.54) is 0 Å². The Morgan fingerprint density at radius 3 is 2.59 bits per heavy atom. The first-order valence-electron chi connectivity index (χ1n) is 10.8. The summed E-state index contributed by atoms with van der Waals surface area (Å²) >= 11 is 0. The Morgan fingerprint density at radius 1 is 1.00 bits per heavy atom. The van der Waals surface area contributed by atoms with Crippen molar-refractivity contribution in [2.45, 2.75) is 13.8 Å². The average Bonchev–Trinajstić information content (AvgIpc) is 2.83. The van der Waals surface area contributed by atoms with E-state index in [0.29, 0.717) is 11.5 Å². The maximum absolute atomic E-state index is 14.5. The number of aromatic nitrogens is 3. The van der Waals surface area contributed by atoms with E-state index < -0.39 is 23.5 Å². The monoisotopic (exact) mass is 457 g/mol. The molecule has 1 aromatic carbocycles. The molecule has 2 unspecified atom stereocenters. The molecule has 0 fully saturated rings.